The van der Waals surface area contributed by atoms with Gasteiger partial charge in [0.05, 0.1) is 0 Å². The molecule has 3 atom stereocenters. The number of rotatable bonds is 4. The molecule has 0 bridgehead atoms. The highest BCUT2D eigenvalue weighted by atomic mass is 32.1. The number of carboxylic acids is 1. The van der Waals surface area contributed by atoms with Crippen LogP contribution in [0.25, 0.3) is 0 Å². The van der Waals surface area contributed by atoms with Gasteiger partial charge in [-0.1, -0.05) is 13.8 Å². The Morgan fingerprint density at radius 1 is 1.53 bits per heavy atom. The zero-order chi connectivity index (χ0) is 12.4. The van der Waals surface area contributed by atoms with Gasteiger partial charge in [-0.3, -0.25) is 0 Å². The second-order valence-corrected chi connectivity index (χ2v) is 5.90. The van der Waals surface area contributed by atoms with E-state index in [1.165, 1.54) is 24.2 Å². The van der Waals surface area contributed by atoms with Gasteiger partial charge in [0.1, 0.15) is 4.88 Å². The Hall–Kier alpha value is -0.870. The van der Waals surface area contributed by atoms with Crippen LogP contribution in [-0.2, 0) is 6.54 Å². The number of carboxylic acid groups (broad SMARTS) is 1. The normalized spacial score (nSPS) is 28.5. The molecule has 3 nitrogen and oxygen atoms in total. The fraction of sp³-hybridized carbons (Fsp3) is 0.615. The van der Waals surface area contributed by atoms with E-state index in [2.05, 4.69) is 19.2 Å². The van der Waals surface area contributed by atoms with E-state index in [0.29, 0.717) is 23.4 Å². The number of hydrogen-bond acceptors (Lipinski definition) is 3. The summed E-state index contributed by atoms with van der Waals surface area (Å²) in [6.45, 7) is 5.24. The first-order valence-corrected chi connectivity index (χ1v) is 7.00. The summed E-state index contributed by atoms with van der Waals surface area (Å²) in [5, 5.41) is 14.4. The van der Waals surface area contributed by atoms with E-state index in [1.807, 2.05) is 11.4 Å². The van der Waals surface area contributed by atoms with E-state index < -0.39 is 5.97 Å². The van der Waals surface area contributed by atoms with Gasteiger partial charge >= 0.3 is 5.97 Å². The van der Waals surface area contributed by atoms with Gasteiger partial charge in [0.2, 0.25) is 0 Å². The third-order valence-electron chi connectivity index (χ3n) is 3.96. The predicted molar refractivity (Wildman–Crippen MR) is 69.5 cm³/mol. The lowest BCUT2D eigenvalue weighted by Gasteiger charge is -2.19. The molecule has 1 aliphatic rings. The zero-order valence-corrected chi connectivity index (χ0v) is 11.1. The number of nitrogens with one attached hydrogen (secondary N) is 1. The number of hydrogen-bond donors (Lipinski definition) is 2. The van der Waals surface area contributed by atoms with Crippen molar-refractivity contribution in [3.8, 4) is 0 Å². The van der Waals surface area contributed by atoms with Crippen LogP contribution in [0.2, 0.25) is 0 Å². The Morgan fingerprint density at radius 2 is 2.29 bits per heavy atom. The van der Waals surface area contributed by atoms with Crippen LogP contribution in [0.3, 0.4) is 0 Å². The second-order valence-electron chi connectivity index (χ2n) is 4.98. The van der Waals surface area contributed by atoms with E-state index in [9.17, 15) is 4.79 Å². The zero-order valence-electron chi connectivity index (χ0n) is 10.3. The molecular formula is C13H19NO2S. The van der Waals surface area contributed by atoms with Crippen molar-refractivity contribution in [3.63, 3.8) is 0 Å². The molecule has 17 heavy (non-hydrogen) atoms. The Morgan fingerprint density at radius 3 is 2.88 bits per heavy atom. The summed E-state index contributed by atoms with van der Waals surface area (Å²) >= 11 is 1.30. The van der Waals surface area contributed by atoms with Crippen LogP contribution in [0.15, 0.2) is 11.4 Å². The molecule has 94 valence electrons. The van der Waals surface area contributed by atoms with Crippen LogP contribution in [0.4, 0.5) is 0 Å². The van der Waals surface area contributed by atoms with Gasteiger partial charge in [0.15, 0.2) is 0 Å². The fourth-order valence-corrected chi connectivity index (χ4v) is 3.32. The molecule has 2 N–H and O–H groups in total. The van der Waals surface area contributed by atoms with Gasteiger partial charge < -0.3 is 10.4 Å². The molecule has 0 aliphatic heterocycles. The van der Waals surface area contributed by atoms with Crippen molar-refractivity contribution in [3.05, 3.63) is 21.9 Å². The minimum atomic E-state index is -0.815. The third kappa shape index (κ3) is 2.69. The van der Waals surface area contributed by atoms with E-state index in [1.54, 1.807) is 0 Å². The average molecular weight is 253 g/mol. The molecule has 0 radical (unpaired) electrons. The Balaban J connectivity index is 1.94. The van der Waals surface area contributed by atoms with Crippen LogP contribution >= 0.6 is 11.3 Å². The van der Waals surface area contributed by atoms with Crippen LogP contribution in [0.1, 0.15) is 41.9 Å². The van der Waals surface area contributed by atoms with Crippen molar-refractivity contribution in [1.29, 1.82) is 0 Å². The van der Waals surface area contributed by atoms with Gasteiger partial charge in [-0.15, -0.1) is 11.3 Å². The maximum atomic E-state index is 11.0. The van der Waals surface area contributed by atoms with E-state index in [4.69, 9.17) is 5.11 Å². The second kappa shape index (κ2) is 5.19. The first-order valence-electron chi connectivity index (χ1n) is 6.12. The van der Waals surface area contributed by atoms with E-state index in [-0.39, 0.29) is 0 Å². The van der Waals surface area contributed by atoms with Gasteiger partial charge in [0, 0.05) is 12.6 Å². The first-order chi connectivity index (χ1) is 8.09. The summed E-state index contributed by atoms with van der Waals surface area (Å²) in [7, 11) is 0. The van der Waals surface area contributed by atoms with Gasteiger partial charge in [-0.05, 0) is 41.7 Å². The fourth-order valence-electron chi connectivity index (χ4n) is 2.56. The largest absolute Gasteiger partial charge is 0.477 e. The van der Waals surface area contributed by atoms with Gasteiger partial charge in [0.25, 0.3) is 0 Å². The van der Waals surface area contributed by atoms with Crippen LogP contribution in [-0.4, -0.2) is 17.1 Å². The monoisotopic (exact) mass is 253 g/mol. The topological polar surface area (TPSA) is 49.3 Å². The standard InChI is InChI=1S/C13H19NO2S/c1-8-3-4-11(9(8)2)14-7-10-5-6-17-12(10)13(15)16/h5-6,8-9,11,14H,3-4,7H2,1-2H3,(H,15,16). The van der Waals surface area contributed by atoms with Crippen LogP contribution in [0, 0.1) is 11.8 Å². The lowest BCUT2D eigenvalue weighted by molar-refractivity contribution is 0.0701. The summed E-state index contributed by atoms with van der Waals surface area (Å²) in [4.78, 5) is 11.4. The molecule has 1 saturated carbocycles. The molecule has 1 aromatic rings. The number of thiophene rings is 1. The lowest BCUT2D eigenvalue weighted by Crippen LogP contribution is -2.32. The quantitative estimate of drug-likeness (QED) is 0.867. The number of aromatic carboxylic acids is 1. The lowest BCUT2D eigenvalue weighted by atomic mass is 9.98. The molecule has 0 saturated heterocycles. The maximum absolute atomic E-state index is 11.0. The molecule has 1 aromatic heterocycles. The molecule has 1 fully saturated rings. The molecule has 0 spiro atoms. The van der Waals surface area contributed by atoms with Crippen molar-refractivity contribution >= 4 is 17.3 Å². The summed E-state index contributed by atoms with van der Waals surface area (Å²) in [5.74, 6) is 0.639. The highest BCUT2D eigenvalue weighted by Gasteiger charge is 2.29. The van der Waals surface area contributed by atoms with E-state index in [0.717, 1.165) is 11.5 Å². The molecule has 0 aromatic carbocycles. The number of carbonyl (C=O) groups is 1. The predicted octanol–water partition coefficient (Wildman–Crippen LogP) is 2.97. The molecule has 1 aliphatic carbocycles. The molecule has 2 rings (SSSR count). The maximum Gasteiger partial charge on any atom is 0.346 e. The van der Waals surface area contributed by atoms with Crippen LogP contribution < -0.4 is 5.32 Å². The SMILES string of the molecule is CC1CCC(NCc2ccsc2C(=O)O)C1C. The molecular weight excluding hydrogens is 234 g/mol. The van der Waals surface area contributed by atoms with Crippen molar-refractivity contribution < 1.29 is 9.90 Å². The molecule has 4 heteroatoms. The Labute approximate surface area is 106 Å². The third-order valence-corrected chi connectivity index (χ3v) is 4.91. The summed E-state index contributed by atoms with van der Waals surface area (Å²) in [5.41, 5.74) is 0.911. The van der Waals surface area contributed by atoms with E-state index >= 15 is 0 Å². The highest BCUT2D eigenvalue weighted by molar-refractivity contribution is 7.12. The van der Waals surface area contributed by atoms with Crippen molar-refractivity contribution in [2.45, 2.75) is 39.3 Å². The Kier molecular flexibility index (Phi) is 3.84. The highest BCUT2D eigenvalue weighted by Crippen LogP contribution is 2.31. The smallest absolute Gasteiger partial charge is 0.346 e. The molecule has 0 amide bonds. The van der Waals surface area contributed by atoms with Crippen LogP contribution in [0.5, 0.6) is 0 Å². The first kappa shape index (κ1) is 12.6. The van der Waals surface area contributed by atoms with Gasteiger partial charge in [-0.2, -0.15) is 0 Å². The summed E-state index contributed by atoms with van der Waals surface area (Å²) in [6.07, 6.45) is 2.48. The molecule has 1 heterocycles. The average Bonchev–Trinajstić information content (AvgIpc) is 2.86. The van der Waals surface area contributed by atoms with Crippen molar-refractivity contribution in [2.24, 2.45) is 11.8 Å². The Bertz CT molecular complexity index is 402. The summed E-state index contributed by atoms with van der Waals surface area (Å²) < 4.78 is 0. The van der Waals surface area contributed by atoms with Gasteiger partial charge in [-0.25, -0.2) is 4.79 Å². The minimum Gasteiger partial charge on any atom is -0.477 e. The molecule has 3 unspecified atom stereocenters. The summed E-state index contributed by atoms with van der Waals surface area (Å²) in [6, 6.07) is 2.44. The minimum absolute atomic E-state index is 0.469. The van der Waals surface area contributed by atoms with Crippen molar-refractivity contribution in [1.82, 2.24) is 5.32 Å². The van der Waals surface area contributed by atoms with Crippen molar-refractivity contribution in [2.75, 3.05) is 0 Å².